The van der Waals surface area contributed by atoms with Crippen molar-refractivity contribution in [2.45, 2.75) is 32.1 Å². The van der Waals surface area contributed by atoms with E-state index in [2.05, 4.69) is 32.0 Å². The van der Waals surface area contributed by atoms with Crippen molar-refractivity contribution in [1.82, 2.24) is 15.0 Å². The fourth-order valence-electron chi connectivity index (χ4n) is 4.03. The van der Waals surface area contributed by atoms with Gasteiger partial charge in [-0.15, -0.1) is 0 Å². The van der Waals surface area contributed by atoms with Crippen LogP contribution in [0.1, 0.15) is 29.7 Å². The number of nitrogens with zero attached hydrogens (tertiary/aromatic N) is 3. The maximum atomic E-state index is 6.01. The highest BCUT2D eigenvalue weighted by Crippen LogP contribution is 2.40. The van der Waals surface area contributed by atoms with Crippen LogP contribution in [0.3, 0.4) is 0 Å². The van der Waals surface area contributed by atoms with Gasteiger partial charge in [-0.2, -0.15) is 0 Å². The zero-order chi connectivity index (χ0) is 15.4. The Kier molecular flexibility index (Phi) is 2.65. The van der Waals surface area contributed by atoms with E-state index in [0.717, 1.165) is 43.0 Å². The van der Waals surface area contributed by atoms with Crippen LogP contribution in [0.4, 0.5) is 17.2 Å². The second-order valence-electron chi connectivity index (χ2n) is 6.50. The van der Waals surface area contributed by atoms with E-state index in [1.807, 2.05) is 6.07 Å². The number of aromatic amines is 1. The molecule has 0 saturated carbocycles. The molecule has 0 saturated heterocycles. The van der Waals surface area contributed by atoms with E-state index in [1.54, 1.807) is 6.33 Å². The number of anilines is 3. The lowest BCUT2D eigenvalue weighted by molar-refractivity contribution is 0.679. The van der Waals surface area contributed by atoms with Crippen molar-refractivity contribution in [3.63, 3.8) is 0 Å². The van der Waals surface area contributed by atoms with Gasteiger partial charge < -0.3 is 15.6 Å². The lowest BCUT2D eigenvalue weighted by atomic mass is 9.96. The first kappa shape index (κ1) is 12.9. The molecular weight excluding hydrogens is 286 g/mol. The van der Waals surface area contributed by atoms with E-state index in [0.29, 0.717) is 0 Å². The summed E-state index contributed by atoms with van der Waals surface area (Å²) in [6, 6.07) is 6.18. The van der Waals surface area contributed by atoms with Gasteiger partial charge >= 0.3 is 0 Å². The Morgan fingerprint density at radius 1 is 1.09 bits per heavy atom. The SMILES string of the molecule is Nc1ccc2c(c1)N(c1ncnc3[nH]c4c(c13)CCCC4)CC2. The largest absolute Gasteiger partial charge is 0.399 e. The Hall–Kier alpha value is -2.56. The van der Waals surface area contributed by atoms with Crippen molar-refractivity contribution in [2.24, 2.45) is 0 Å². The maximum Gasteiger partial charge on any atom is 0.146 e. The van der Waals surface area contributed by atoms with Crippen LogP contribution >= 0.6 is 0 Å². The molecule has 1 aliphatic carbocycles. The standard InChI is InChI=1S/C18H19N5/c19-12-6-5-11-7-8-23(15(11)9-12)18-16-13-3-1-2-4-14(13)22-17(16)20-10-21-18/h5-6,9-10H,1-4,7-8,19H2,(H,20,21,22). The molecule has 0 unspecified atom stereocenters. The van der Waals surface area contributed by atoms with Gasteiger partial charge in [0.15, 0.2) is 0 Å². The number of nitrogens with two attached hydrogens (primary N) is 1. The Balaban J connectivity index is 1.73. The topological polar surface area (TPSA) is 70.8 Å². The molecule has 2 aliphatic rings. The molecule has 1 aromatic carbocycles. The summed E-state index contributed by atoms with van der Waals surface area (Å²) in [6.45, 7) is 0.949. The van der Waals surface area contributed by atoms with Crippen molar-refractivity contribution in [3.05, 3.63) is 41.3 Å². The van der Waals surface area contributed by atoms with Gasteiger partial charge in [-0.3, -0.25) is 0 Å². The van der Waals surface area contributed by atoms with E-state index >= 15 is 0 Å². The molecule has 0 atom stereocenters. The second kappa shape index (κ2) is 4.72. The minimum absolute atomic E-state index is 0.803. The molecule has 5 heteroatoms. The van der Waals surface area contributed by atoms with Gasteiger partial charge in [0.05, 0.1) is 5.39 Å². The number of hydrogen-bond acceptors (Lipinski definition) is 4. The van der Waals surface area contributed by atoms with Crippen molar-refractivity contribution in [3.8, 4) is 0 Å². The first-order chi connectivity index (χ1) is 11.3. The minimum Gasteiger partial charge on any atom is -0.399 e. The number of nitrogens with one attached hydrogen (secondary N) is 1. The Labute approximate surface area is 134 Å². The molecule has 0 fully saturated rings. The summed E-state index contributed by atoms with van der Waals surface area (Å²) < 4.78 is 0. The van der Waals surface area contributed by atoms with Gasteiger partial charge in [-0.1, -0.05) is 6.07 Å². The van der Waals surface area contributed by atoms with Crippen molar-refractivity contribution >= 4 is 28.2 Å². The molecule has 3 aromatic rings. The molecule has 0 amide bonds. The number of fused-ring (bicyclic) bond motifs is 4. The normalized spacial score (nSPS) is 16.6. The number of nitrogen functional groups attached to an aromatic ring is 1. The highest BCUT2D eigenvalue weighted by atomic mass is 15.2. The molecule has 3 N–H and O–H groups in total. The number of benzene rings is 1. The number of H-pyrrole nitrogens is 1. The quantitative estimate of drug-likeness (QED) is 0.678. The molecule has 5 nitrogen and oxygen atoms in total. The van der Waals surface area contributed by atoms with Crippen LogP contribution in [0.2, 0.25) is 0 Å². The van der Waals surface area contributed by atoms with Gasteiger partial charge in [-0.05, 0) is 55.4 Å². The maximum absolute atomic E-state index is 6.01. The summed E-state index contributed by atoms with van der Waals surface area (Å²) in [6.07, 6.45) is 7.45. The second-order valence-corrected chi connectivity index (χ2v) is 6.50. The van der Waals surface area contributed by atoms with E-state index in [9.17, 15) is 0 Å². The van der Waals surface area contributed by atoms with Gasteiger partial charge in [0.1, 0.15) is 17.8 Å². The summed E-state index contributed by atoms with van der Waals surface area (Å²) in [4.78, 5) is 14.9. The fourth-order valence-corrected chi connectivity index (χ4v) is 4.03. The predicted octanol–water partition coefficient (Wildman–Crippen LogP) is 3.11. The third-order valence-electron chi connectivity index (χ3n) is 5.13. The third-order valence-corrected chi connectivity index (χ3v) is 5.13. The van der Waals surface area contributed by atoms with Crippen LogP contribution in [0.5, 0.6) is 0 Å². The van der Waals surface area contributed by atoms with Gasteiger partial charge in [0.2, 0.25) is 0 Å². The Morgan fingerprint density at radius 2 is 2.00 bits per heavy atom. The third kappa shape index (κ3) is 1.86. The molecule has 1 aliphatic heterocycles. The monoisotopic (exact) mass is 305 g/mol. The van der Waals surface area contributed by atoms with E-state index < -0.39 is 0 Å². The Morgan fingerprint density at radius 3 is 2.96 bits per heavy atom. The lowest BCUT2D eigenvalue weighted by Gasteiger charge is -2.20. The van der Waals surface area contributed by atoms with Gasteiger partial charge in [0, 0.05) is 23.6 Å². The van der Waals surface area contributed by atoms with E-state index in [4.69, 9.17) is 5.73 Å². The summed E-state index contributed by atoms with van der Waals surface area (Å²) in [5.74, 6) is 1.03. The van der Waals surface area contributed by atoms with Crippen LogP contribution in [-0.2, 0) is 19.3 Å². The number of hydrogen-bond donors (Lipinski definition) is 2. The summed E-state index contributed by atoms with van der Waals surface area (Å²) in [5, 5.41) is 1.21. The minimum atomic E-state index is 0.803. The highest BCUT2D eigenvalue weighted by molar-refractivity contribution is 5.95. The zero-order valence-corrected chi connectivity index (χ0v) is 13.0. The van der Waals surface area contributed by atoms with Crippen LogP contribution in [-0.4, -0.2) is 21.5 Å². The number of rotatable bonds is 1. The van der Waals surface area contributed by atoms with Gasteiger partial charge in [-0.25, -0.2) is 9.97 Å². The molecule has 5 rings (SSSR count). The first-order valence-electron chi connectivity index (χ1n) is 8.31. The Bertz CT molecular complexity index is 911. The number of aryl methyl sites for hydroxylation is 2. The smallest absolute Gasteiger partial charge is 0.146 e. The van der Waals surface area contributed by atoms with Gasteiger partial charge in [0.25, 0.3) is 0 Å². The predicted molar refractivity (Wildman–Crippen MR) is 92.1 cm³/mol. The summed E-state index contributed by atoms with van der Waals surface area (Å²) in [7, 11) is 0. The van der Waals surface area contributed by atoms with Crippen molar-refractivity contribution < 1.29 is 0 Å². The average Bonchev–Trinajstić information content (AvgIpc) is 3.15. The molecule has 0 bridgehead atoms. The van der Waals surface area contributed by atoms with Crippen LogP contribution < -0.4 is 10.6 Å². The van der Waals surface area contributed by atoms with Crippen molar-refractivity contribution in [2.75, 3.05) is 17.2 Å². The highest BCUT2D eigenvalue weighted by Gasteiger charge is 2.26. The first-order valence-corrected chi connectivity index (χ1v) is 8.31. The zero-order valence-electron chi connectivity index (χ0n) is 13.0. The molecule has 0 radical (unpaired) electrons. The van der Waals surface area contributed by atoms with Crippen LogP contribution in [0.25, 0.3) is 11.0 Å². The molecule has 0 spiro atoms. The number of aromatic nitrogens is 3. The van der Waals surface area contributed by atoms with E-state index in [1.165, 1.54) is 40.7 Å². The van der Waals surface area contributed by atoms with Crippen molar-refractivity contribution in [1.29, 1.82) is 0 Å². The fraction of sp³-hybridized carbons (Fsp3) is 0.333. The molecule has 23 heavy (non-hydrogen) atoms. The molecule has 2 aromatic heterocycles. The molecule has 3 heterocycles. The van der Waals surface area contributed by atoms with E-state index in [-0.39, 0.29) is 0 Å². The lowest BCUT2D eigenvalue weighted by Crippen LogP contribution is -2.16. The van der Waals surface area contributed by atoms with Crippen LogP contribution in [0, 0.1) is 0 Å². The summed E-state index contributed by atoms with van der Waals surface area (Å²) >= 11 is 0. The molecule has 116 valence electrons. The molecular formula is C18H19N5. The average molecular weight is 305 g/mol. The summed E-state index contributed by atoms with van der Waals surface area (Å²) in [5.41, 5.74) is 13.1. The van der Waals surface area contributed by atoms with Crippen LogP contribution in [0.15, 0.2) is 24.5 Å².